The summed E-state index contributed by atoms with van der Waals surface area (Å²) in [6.07, 6.45) is 4.82. The van der Waals surface area contributed by atoms with Crippen LogP contribution in [0.25, 0.3) is 10.8 Å². The van der Waals surface area contributed by atoms with E-state index in [0.29, 0.717) is 31.1 Å². The fourth-order valence-electron chi connectivity index (χ4n) is 5.36. The number of benzene rings is 2. The molecule has 5 rings (SSSR count). The second-order valence-electron chi connectivity index (χ2n) is 8.62. The Bertz CT molecular complexity index is 916. The van der Waals surface area contributed by atoms with E-state index in [1.165, 1.54) is 12.8 Å². The Morgan fingerprint density at radius 3 is 2.52 bits per heavy atom. The summed E-state index contributed by atoms with van der Waals surface area (Å²) in [5.41, 5.74) is 0.918. The minimum atomic E-state index is -0.246. The number of hydrogen-bond acceptors (Lipinski definition) is 3. The fraction of sp³-hybridized carbons (Fsp3) is 0.478. The minimum absolute atomic E-state index is 0. The highest BCUT2D eigenvalue weighted by molar-refractivity contribution is 6.07. The first-order valence-corrected chi connectivity index (χ1v) is 10.4. The summed E-state index contributed by atoms with van der Waals surface area (Å²) in [5, 5.41) is 5.82. The molecule has 3 unspecified atom stereocenters. The molecule has 3 saturated heterocycles. The van der Waals surface area contributed by atoms with Gasteiger partial charge in [-0.15, -0.1) is 12.4 Å². The zero-order valence-corrected chi connectivity index (χ0v) is 17.5. The topological polar surface area (TPSA) is 52.7 Å². The molecular weight excluding hydrogens is 386 g/mol. The highest BCUT2D eigenvalue weighted by atomic mass is 35.5. The molecule has 3 heterocycles. The van der Waals surface area contributed by atoms with Crippen LogP contribution >= 0.6 is 12.4 Å². The number of nitrogens with zero attached hydrogens (tertiary/aromatic N) is 2. The largest absolute Gasteiger partial charge is 0.342 e. The van der Waals surface area contributed by atoms with Crippen LogP contribution in [0, 0.1) is 5.92 Å². The summed E-state index contributed by atoms with van der Waals surface area (Å²) in [6.45, 7) is 0.480. The van der Waals surface area contributed by atoms with Gasteiger partial charge in [-0.05, 0) is 37.1 Å². The summed E-state index contributed by atoms with van der Waals surface area (Å²) in [4.78, 5) is 29.7. The van der Waals surface area contributed by atoms with E-state index in [1.807, 2.05) is 47.2 Å². The number of piperidine rings is 1. The summed E-state index contributed by atoms with van der Waals surface area (Å²) in [5.74, 6) is -0.0696. The third-order valence-electron chi connectivity index (χ3n) is 6.88. The van der Waals surface area contributed by atoms with Crippen molar-refractivity contribution < 1.29 is 9.59 Å². The Hall–Kier alpha value is -2.11. The first kappa shape index (κ1) is 20.2. The molecule has 2 aromatic rings. The molecule has 2 bridgehead atoms. The number of amides is 2. The van der Waals surface area contributed by atoms with E-state index >= 15 is 0 Å². The summed E-state index contributed by atoms with van der Waals surface area (Å²) in [7, 11) is 1.93. The predicted molar refractivity (Wildman–Crippen MR) is 117 cm³/mol. The predicted octanol–water partition coefficient (Wildman–Crippen LogP) is 3.36. The zero-order chi connectivity index (χ0) is 19.3. The van der Waals surface area contributed by atoms with Crippen molar-refractivity contribution in [2.75, 3.05) is 18.5 Å². The van der Waals surface area contributed by atoms with Gasteiger partial charge >= 0.3 is 0 Å². The third kappa shape index (κ3) is 3.62. The fourth-order valence-corrected chi connectivity index (χ4v) is 5.36. The van der Waals surface area contributed by atoms with Gasteiger partial charge in [0, 0.05) is 43.5 Å². The van der Waals surface area contributed by atoms with Crippen LogP contribution in [-0.4, -0.2) is 48.4 Å². The van der Waals surface area contributed by atoms with Gasteiger partial charge in [0.2, 0.25) is 11.8 Å². The average molecular weight is 414 g/mol. The summed E-state index contributed by atoms with van der Waals surface area (Å²) < 4.78 is 0. The second kappa shape index (κ2) is 7.96. The van der Waals surface area contributed by atoms with Crippen molar-refractivity contribution in [3.63, 3.8) is 0 Å². The van der Waals surface area contributed by atoms with E-state index in [0.717, 1.165) is 29.3 Å². The molecule has 0 spiro atoms. The maximum atomic E-state index is 13.2. The van der Waals surface area contributed by atoms with Crippen LogP contribution in [0.4, 0.5) is 5.69 Å². The van der Waals surface area contributed by atoms with Crippen molar-refractivity contribution in [1.29, 1.82) is 0 Å². The second-order valence-corrected chi connectivity index (χ2v) is 8.62. The lowest BCUT2D eigenvalue weighted by Crippen LogP contribution is -2.50. The number of anilines is 1. The molecule has 2 amide bonds. The maximum Gasteiger partial charge on any atom is 0.228 e. The van der Waals surface area contributed by atoms with Crippen molar-refractivity contribution in [1.82, 2.24) is 10.2 Å². The number of halogens is 1. The molecule has 0 radical (unpaired) electrons. The Morgan fingerprint density at radius 1 is 1.07 bits per heavy atom. The van der Waals surface area contributed by atoms with Crippen molar-refractivity contribution in [2.24, 2.45) is 5.92 Å². The highest BCUT2D eigenvalue weighted by Gasteiger charge is 2.41. The van der Waals surface area contributed by atoms with E-state index in [9.17, 15) is 9.59 Å². The zero-order valence-electron chi connectivity index (χ0n) is 16.7. The number of rotatable bonds is 3. The first-order chi connectivity index (χ1) is 13.6. The molecule has 1 N–H and O–H groups in total. The lowest BCUT2D eigenvalue weighted by atomic mass is 9.97. The Morgan fingerprint density at radius 2 is 1.76 bits per heavy atom. The van der Waals surface area contributed by atoms with E-state index in [-0.39, 0.29) is 30.1 Å². The molecule has 154 valence electrons. The third-order valence-corrected chi connectivity index (χ3v) is 6.88. The van der Waals surface area contributed by atoms with Crippen LogP contribution in [0.2, 0.25) is 0 Å². The normalized spacial score (nSPS) is 28.4. The number of carbonyl (C=O) groups is 2. The molecule has 5 nitrogen and oxygen atoms in total. The van der Waals surface area contributed by atoms with Crippen LogP contribution in [0.15, 0.2) is 42.5 Å². The van der Waals surface area contributed by atoms with Crippen molar-refractivity contribution in [3.05, 3.63) is 42.5 Å². The smallest absolute Gasteiger partial charge is 0.228 e. The molecule has 0 aliphatic carbocycles. The van der Waals surface area contributed by atoms with Gasteiger partial charge in [-0.1, -0.05) is 36.4 Å². The summed E-state index contributed by atoms with van der Waals surface area (Å²) >= 11 is 0. The van der Waals surface area contributed by atoms with Gasteiger partial charge < -0.3 is 15.1 Å². The number of carbonyl (C=O) groups excluding carboxylic acids is 2. The molecule has 3 fully saturated rings. The van der Waals surface area contributed by atoms with Crippen LogP contribution in [0.1, 0.15) is 32.1 Å². The van der Waals surface area contributed by atoms with Gasteiger partial charge in [-0.2, -0.15) is 0 Å². The van der Waals surface area contributed by atoms with Gasteiger partial charge in [0.25, 0.3) is 0 Å². The number of fused-ring (bicyclic) bond motifs is 3. The quantitative estimate of drug-likeness (QED) is 0.839. The molecule has 6 heteroatoms. The van der Waals surface area contributed by atoms with E-state index in [4.69, 9.17) is 0 Å². The number of hydrogen-bond donors (Lipinski definition) is 1. The van der Waals surface area contributed by atoms with E-state index < -0.39 is 0 Å². The Balaban J connectivity index is 0.00000205. The molecule has 3 aliphatic rings. The van der Waals surface area contributed by atoms with Crippen LogP contribution in [0.3, 0.4) is 0 Å². The van der Waals surface area contributed by atoms with Gasteiger partial charge in [0.15, 0.2) is 0 Å². The van der Waals surface area contributed by atoms with Gasteiger partial charge in [-0.3, -0.25) is 9.59 Å². The van der Waals surface area contributed by atoms with Gasteiger partial charge in [0.1, 0.15) is 0 Å². The molecular formula is C23H28ClN3O2. The Kier molecular flexibility index (Phi) is 5.54. The van der Waals surface area contributed by atoms with Gasteiger partial charge in [-0.25, -0.2) is 0 Å². The molecule has 3 atom stereocenters. The standard InChI is InChI=1S/C23H27N3O2.ClH/c1-25(19-12-17-9-10-18(13-19)24-17)23(28)16-11-22(27)26(14-16)21-8-4-6-15-5-2-3-7-20(15)21;/h2-8,16-19,24H,9-14H2,1H3;1H. The van der Waals surface area contributed by atoms with Crippen molar-refractivity contribution in [2.45, 2.75) is 50.2 Å². The average Bonchev–Trinajstić information content (AvgIpc) is 3.27. The molecule has 0 aromatic heterocycles. The van der Waals surface area contributed by atoms with Crippen molar-refractivity contribution in [3.8, 4) is 0 Å². The molecule has 29 heavy (non-hydrogen) atoms. The Labute approximate surface area is 177 Å². The lowest BCUT2D eigenvalue weighted by Gasteiger charge is -2.36. The van der Waals surface area contributed by atoms with E-state index in [1.54, 1.807) is 0 Å². The molecule has 2 aromatic carbocycles. The van der Waals surface area contributed by atoms with E-state index in [2.05, 4.69) is 17.4 Å². The highest BCUT2D eigenvalue weighted by Crippen LogP contribution is 2.34. The molecule has 3 aliphatic heterocycles. The van der Waals surface area contributed by atoms with Crippen molar-refractivity contribution >= 4 is 40.7 Å². The first-order valence-electron chi connectivity index (χ1n) is 10.4. The SMILES string of the molecule is CN(C(=O)C1CC(=O)N(c2cccc3ccccc23)C1)C1CC2CCC(C1)N2.Cl. The number of nitrogens with one attached hydrogen (secondary N) is 1. The minimum Gasteiger partial charge on any atom is -0.342 e. The monoisotopic (exact) mass is 413 g/mol. The van der Waals surface area contributed by atoms with Crippen LogP contribution < -0.4 is 10.2 Å². The van der Waals surface area contributed by atoms with Crippen LogP contribution in [-0.2, 0) is 9.59 Å². The maximum absolute atomic E-state index is 13.2. The lowest BCUT2D eigenvalue weighted by molar-refractivity contribution is -0.137. The summed E-state index contributed by atoms with van der Waals surface area (Å²) in [6, 6.07) is 15.5. The molecule has 0 saturated carbocycles. The van der Waals surface area contributed by atoms with Crippen LogP contribution in [0.5, 0.6) is 0 Å². The van der Waals surface area contributed by atoms with Gasteiger partial charge in [0.05, 0.1) is 11.6 Å².